The van der Waals surface area contributed by atoms with E-state index in [2.05, 4.69) is 12.8 Å². The third-order valence-electron chi connectivity index (χ3n) is 1.27. The highest BCUT2D eigenvalue weighted by atomic mass is 16.4. The maximum atomic E-state index is 9.00. The molecule has 0 rings (SSSR count). The Bertz CT molecular complexity index is 154. The Kier molecular flexibility index (Phi) is 12.3. The first-order valence-electron chi connectivity index (χ1n) is 4.38. The molecule has 0 amide bonds. The van der Waals surface area contributed by atoms with Gasteiger partial charge in [-0.3, -0.25) is 4.79 Å². The Morgan fingerprint density at radius 2 is 2.00 bits per heavy atom. The van der Waals surface area contributed by atoms with Crippen molar-refractivity contribution in [2.75, 3.05) is 0 Å². The van der Waals surface area contributed by atoms with Crippen LogP contribution in [0.4, 0.5) is 0 Å². The standard InChI is InChI=1S/C8H14O.C2H4O2/c1-3-5-6-7-8(9)4-2;1-2(3)4/h2,8-9H,3,5-7H2,1H3;1H3,(H,3,4). The van der Waals surface area contributed by atoms with Crippen LogP contribution in [-0.4, -0.2) is 22.3 Å². The summed E-state index contributed by atoms with van der Waals surface area (Å²) >= 11 is 0. The number of aliphatic hydroxyl groups excluding tert-OH is 1. The van der Waals surface area contributed by atoms with Gasteiger partial charge in [0.1, 0.15) is 6.10 Å². The SMILES string of the molecule is C#CC(O)CCCCC.CC(=O)O. The number of terminal acetylenes is 1. The van der Waals surface area contributed by atoms with Gasteiger partial charge in [-0.1, -0.05) is 25.7 Å². The number of carboxylic acid groups (broad SMARTS) is 1. The molecule has 0 aromatic rings. The maximum Gasteiger partial charge on any atom is 0.300 e. The van der Waals surface area contributed by atoms with Crippen LogP contribution in [0.2, 0.25) is 0 Å². The molecule has 76 valence electrons. The molecule has 0 bridgehead atoms. The van der Waals surface area contributed by atoms with Crippen LogP contribution < -0.4 is 0 Å². The molecule has 0 saturated carbocycles. The van der Waals surface area contributed by atoms with Gasteiger partial charge in [0.05, 0.1) is 0 Å². The van der Waals surface area contributed by atoms with Crippen molar-refractivity contribution in [2.45, 2.75) is 45.6 Å². The molecular weight excluding hydrogens is 168 g/mol. The van der Waals surface area contributed by atoms with Gasteiger partial charge in [0.15, 0.2) is 0 Å². The van der Waals surface area contributed by atoms with E-state index in [1.54, 1.807) is 0 Å². The van der Waals surface area contributed by atoms with Gasteiger partial charge in [-0.2, -0.15) is 0 Å². The fourth-order valence-corrected chi connectivity index (χ4v) is 0.671. The third kappa shape index (κ3) is 24.8. The van der Waals surface area contributed by atoms with E-state index in [1.807, 2.05) is 0 Å². The molecule has 1 unspecified atom stereocenters. The smallest absolute Gasteiger partial charge is 0.300 e. The number of rotatable bonds is 4. The Balaban J connectivity index is 0. The summed E-state index contributed by atoms with van der Waals surface area (Å²) in [6.45, 7) is 3.21. The highest BCUT2D eigenvalue weighted by Crippen LogP contribution is 2.01. The number of aliphatic hydroxyl groups is 1. The van der Waals surface area contributed by atoms with Gasteiger partial charge < -0.3 is 10.2 Å². The highest BCUT2D eigenvalue weighted by molar-refractivity contribution is 5.62. The second-order valence-corrected chi connectivity index (χ2v) is 2.70. The number of hydrogen-bond donors (Lipinski definition) is 2. The first-order chi connectivity index (χ1) is 6.04. The van der Waals surface area contributed by atoms with E-state index >= 15 is 0 Å². The normalized spacial score (nSPS) is 10.6. The van der Waals surface area contributed by atoms with Crippen molar-refractivity contribution in [1.82, 2.24) is 0 Å². The van der Waals surface area contributed by atoms with Crippen LogP contribution in [0.15, 0.2) is 0 Å². The van der Waals surface area contributed by atoms with Crippen LogP contribution in [0.25, 0.3) is 0 Å². The Morgan fingerprint density at radius 1 is 1.54 bits per heavy atom. The predicted molar refractivity (Wildman–Crippen MR) is 52.3 cm³/mol. The lowest BCUT2D eigenvalue weighted by Crippen LogP contribution is -2.00. The molecule has 0 saturated heterocycles. The second-order valence-electron chi connectivity index (χ2n) is 2.70. The fraction of sp³-hybridized carbons (Fsp3) is 0.700. The van der Waals surface area contributed by atoms with Gasteiger partial charge in [0, 0.05) is 6.92 Å². The number of carbonyl (C=O) groups is 1. The van der Waals surface area contributed by atoms with Crippen molar-refractivity contribution in [3.8, 4) is 12.3 Å². The first-order valence-corrected chi connectivity index (χ1v) is 4.38. The molecule has 3 heteroatoms. The van der Waals surface area contributed by atoms with Crippen molar-refractivity contribution >= 4 is 5.97 Å². The summed E-state index contributed by atoms with van der Waals surface area (Å²) in [5, 5.41) is 16.3. The van der Waals surface area contributed by atoms with Gasteiger partial charge in [-0.05, 0) is 12.8 Å². The molecule has 0 spiro atoms. The molecule has 0 fully saturated rings. The topological polar surface area (TPSA) is 57.5 Å². The molecule has 13 heavy (non-hydrogen) atoms. The van der Waals surface area contributed by atoms with Crippen LogP contribution in [0.1, 0.15) is 39.5 Å². The lowest BCUT2D eigenvalue weighted by atomic mass is 10.1. The number of carboxylic acids is 1. The summed E-state index contributed by atoms with van der Waals surface area (Å²) in [6, 6.07) is 0. The minimum atomic E-state index is -0.833. The van der Waals surface area contributed by atoms with Crippen LogP contribution in [0.3, 0.4) is 0 Å². The largest absolute Gasteiger partial charge is 0.481 e. The monoisotopic (exact) mass is 186 g/mol. The van der Waals surface area contributed by atoms with Crippen LogP contribution in [0.5, 0.6) is 0 Å². The highest BCUT2D eigenvalue weighted by Gasteiger charge is 1.95. The Hall–Kier alpha value is -1.01. The summed E-state index contributed by atoms with van der Waals surface area (Å²) < 4.78 is 0. The number of unbranched alkanes of at least 4 members (excludes halogenated alkanes) is 2. The average molecular weight is 186 g/mol. The van der Waals surface area contributed by atoms with Gasteiger partial charge in [0.25, 0.3) is 5.97 Å². The van der Waals surface area contributed by atoms with E-state index in [0.29, 0.717) is 0 Å². The van der Waals surface area contributed by atoms with E-state index in [0.717, 1.165) is 19.8 Å². The van der Waals surface area contributed by atoms with Crippen LogP contribution >= 0.6 is 0 Å². The number of aliphatic carboxylic acids is 1. The van der Waals surface area contributed by atoms with Gasteiger partial charge in [-0.15, -0.1) is 6.42 Å². The molecule has 0 aliphatic rings. The second kappa shape index (κ2) is 11.0. The molecular formula is C10H18O3. The van der Waals surface area contributed by atoms with Crippen molar-refractivity contribution < 1.29 is 15.0 Å². The molecule has 3 nitrogen and oxygen atoms in total. The van der Waals surface area contributed by atoms with E-state index in [-0.39, 0.29) is 0 Å². The number of hydrogen-bond acceptors (Lipinski definition) is 2. The van der Waals surface area contributed by atoms with E-state index < -0.39 is 12.1 Å². The summed E-state index contributed by atoms with van der Waals surface area (Å²) in [7, 11) is 0. The fourth-order valence-electron chi connectivity index (χ4n) is 0.671. The lowest BCUT2D eigenvalue weighted by Gasteiger charge is -1.99. The minimum absolute atomic E-state index is 0.517. The van der Waals surface area contributed by atoms with E-state index in [4.69, 9.17) is 21.4 Å². The zero-order valence-corrected chi connectivity index (χ0v) is 8.29. The lowest BCUT2D eigenvalue weighted by molar-refractivity contribution is -0.134. The predicted octanol–water partition coefficient (Wildman–Crippen LogP) is 1.65. The molecule has 0 aromatic carbocycles. The van der Waals surface area contributed by atoms with Crippen molar-refractivity contribution in [3.63, 3.8) is 0 Å². The third-order valence-corrected chi connectivity index (χ3v) is 1.27. The Morgan fingerprint density at radius 3 is 2.31 bits per heavy atom. The van der Waals surface area contributed by atoms with Crippen LogP contribution in [0, 0.1) is 12.3 Å². The van der Waals surface area contributed by atoms with Crippen molar-refractivity contribution in [1.29, 1.82) is 0 Å². The molecule has 0 aliphatic carbocycles. The average Bonchev–Trinajstić information content (AvgIpc) is 2.03. The zero-order valence-electron chi connectivity index (χ0n) is 8.29. The van der Waals surface area contributed by atoms with Crippen molar-refractivity contribution in [2.24, 2.45) is 0 Å². The Labute approximate surface area is 79.8 Å². The zero-order chi connectivity index (χ0) is 10.7. The quantitative estimate of drug-likeness (QED) is 0.518. The summed E-state index contributed by atoms with van der Waals surface area (Å²) in [5.74, 6) is 1.45. The van der Waals surface area contributed by atoms with Gasteiger partial charge >= 0.3 is 0 Å². The summed E-state index contributed by atoms with van der Waals surface area (Å²) in [6.07, 6.45) is 8.58. The van der Waals surface area contributed by atoms with Crippen LogP contribution in [-0.2, 0) is 4.79 Å². The first kappa shape index (κ1) is 14.5. The summed E-state index contributed by atoms with van der Waals surface area (Å²) in [4.78, 5) is 9.00. The maximum absolute atomic E-state index is 9.00. The molecule has 0 heterocycles. The van der Waals surface area contributed by atoms with E-state index in [1.165, 1.54) is 12.8 Å². The molecule has 1 atom stereocenters. The van der Waals surface area contributed by atoms with E-state index in [9.17, 15) is 0 Å². The minimum Gasteiger partial charge on any atom is -0.481 e. The molecule has 0 aromatic heterocycles. The summed E-state index contributed by atoms with van der Waals surface area (Å²) in [5.41, 5.74) is 0. The van der Waals surface area contributed by atoms with Gasteiger partial charge in [0.2, 0.25) is 0 Å². The molecule has 2 N–H and O–H groups in total. The van der Waals surface area contributed by atoms with Gasteiger partial charge in [-0.25, -0.2) is 0 Å². The molecule has 0 radical (unpaired) electrons. The molecule has 0 aliphatic heterocycles. The van der Waals surface area contributed by atoms with Crippen molar-refractivity contribution in [3.05, 3.63) is 0 Å².